The second kappa shape index (κ2) is 8.32. The Hall–Kier alpha value is -2.40. The molecule has 0 aliphatic rings. The van der Waals surface area contributed by atoms with Gasteiger partial charge in [-0.2, -0.15) is 4.98 Å². The summed E-state index contributed by atoms with van der Waals surface area (Å²) < 4.78 is 19.1. The molecule has 0 atom stereocenters. The molecular formula is C21H21FN2OS. The zero-order valence-corrected chi connectivity index (χ0v) is 15.9. The van der Waals surface area contributed by atoms with Crippen molar-refractivity contribution < 1.29 is 9.13 Å². The molecule has 0 aliphatic carbocycles. The number of rotatable bonds is 6. The van der Waals surface area contributed by atoms with Crippen LogP contribution in [0.4, 0.5) is 4.39 Å². The lowest BCUT2D eigenvalue weighted by molar-refractivity contribution is 0.448. The van der Waals surface area contributed by atoms with E-state index >= 15 is 0 Å². The van der Waals surface area contributed by atoms with Gasteiger partial charge < -0.3 is 4.74 Å². The van der Waals surface area contributed by atoms with Gasteiger partial charge in [0.05, 0.1) is 5.69 Å². The van der Waals surface area contributed by atoms with Crippen molar-refractivity contribution in [2.75, 3.05) is 0 Å². The van der Waals surface area contributed by atoms with E-state index < -0.39 is 0 Å². The summed E-state index contributed by atoms with van der Waals surface area (Å²) in [4.78, 5) is 9.13. The Kier molecular flexibility index (Phi) is 5.89. The second-order valence-corrected chi connectivity index (χ2v) is 7.29. The molecule has 0 fully saturated rings. The average molecular weight is 368 g/mol. The van der Waals surface area contributed by atoms with Crippen molar-refractivity contribution in [3.63, 3.8) is 0 Å². The summed E-state index contributed by atoms with van der Waals surface area (Å²) in [7, 11) is 0. The van der Waals surface area contributed by atoms with E-state index in [1.165, 1.54) is 23.3 Å². The van der Waals surface area contributed by atoms with Gasteiger partial charge in [0.1, 0.15) is 11.6 Å². The molecule has 0 spiro atoms. The summed E-state index contributed by atoms with van der Waals surface area (Å²) in [5, 5.41) is 0.658. The van der Waals surface area contributed by atoms with Crippen molar-refractivity contribution in [2.24, 2.45) is 0 Å². The quantitative estimate of drug-likeness (QED) is 0.387. The Morgan fingerprint density at radius 2 is 1.85 bits per heavy atom. The van der Waals surface area contributed by atoms with Crippen LogP contribution in [0.1, 0.15) is 36.6 Å². The van der Waals surface area contributed by atoms with Crippen LogP contribution < -0.4 is 4.74 Å². The molecule has 0 bridgehead atoms. The molecule has 1 aromatic heterocycles. The fourth-order valence-corrected chi connectivity index (χ4v) is 3.33. The molecule has 3 aromatic rings. The van der Waals surface area contributed by atoms with Crippen LogP contribution in [0.15, 0.2) is 59.8 Å². The fourth-order valence-electron chi connectivity index (χ4n) is 2.40. The van der Waals surface area contributed by atoms with E-state index in [2.05, 4.69) is 42.9 Å². The number of thioether (sulfide) groups is 1. The smallest absolute Gasteiger partial charge is 0.223 e. The third kappa shape index (κ3) is 4.82. The largest absolute Gasteiger partial charge is 0.439 e. The zero-order valence-electron chi connectivity index (χ0n) is 15.1. The first-order valence-corrected chi connectivity index (χ1v) is 9.49. The first kappa shape index (κ1) is 18.4. The monoisotopic (exact) mass is 368 g/mol. The van der Waals surface area contributed by atoms with E-state index in [1.807, 2.05) is 18.2 Å². The number of benzene rings is 2. The molecular weight excluding hydrogens is 347 g/mol. The Morgan fingerprint density at radius 3 is 2.58 bits per heavy atom. The van der Waals surface area contributed by atoms with Crippen molar-refractivity contribution in [3.8, 4) is 11.6 Å². The summed E-state index contributed by atoms with van der Waals surface area (Å²) in [6.07, 6.45) is 0. The number of aryl methyl sites for hydroxylation is 1. The van der Waals surface area contributed by atoms with Gasteiger partial charge in [0.2, 0.25) is 5.88 Å². The molecule has 0 aliphatic heterocycles. The maximum atomic E-state index is 13.4. The van der Waals surface area contributed by atoms with Crippen LogP contribution >= 0.6 is 11.8 Å². The van der Waals surface area contributed by atoms with Crippen LogP contribution in [-0.4, -0.2) is 9.97 Å². The number of aromatic nitrogens is 2. The number of halogens is 1. The van der Waals surface area contributed by atoms with Gasteiger partial charge in [0.15, 0.2) is 5.16 Å². The number of nitrogens with zero attached hydrogens (tertiary/aromatic N) is 2. The van der Waals surface area contributed by atoms with Crippen molar-refractivity contribution in [3.05, 3.63) is 77.2 Å². The Labute approximate surface area is 157 Å². The van der Waals surface area contributed by atoms with Crippen molar-refractivity contribution >= 4 is 11.8 Å². The van der Waals surface area contributed by atoms with Gasteiger partial charge in [0, 0.05) is 17.9 Å². The Morgan fingerprint density at radius 1 is 1.04 bits per heavy atom. The predicted molar refractivity (Wildman–Crippen MR) is 103 cm³/mol. The highest BCUT2D eigenvalue weighted by molar-refractivity contribution is 7.98. The van der Waals surface area contributed by atoms with Crippen molar-refractivity contribution in [1.29, 1.82) is 0 Å². The summed E-state index contributed by atoms with van der Waals surface area (Å²) in [6, 6.07) is 16.1. The molecule has 26 heavy (non-hydrogen) atoms. The SMILES string of the molecule is Cc1ccccc1CSc1nc(Oc2cccc(F)c2)cc(C(C)C)n1. The maximum absolute atomic E-state index is 13.4. The molecule has 0 amide bonds. The molecule has 5 heteroatoms. The highest BCUT2D eigenvalue weighted by atomic mass is 32.2. The fraction of sp³-hybridized carbons (Fsp3) is 0.238. The van der Waals surface area contributed by atoms with Crippen LogP contribution in [0, 0.1) is 12.7 Å². The van der Waals surface area contributed by atoms with Gasteiger partial charge >= 0.3 is 0 Å². The summed E-state index contributed by atoms with van der Waals surface area (Å²) >= 11 is 1.57. The molecule has 0 saturated heterocycles. The van der Waals surface area contributed by atoms with Crippen molar-refractivity contribution in [2.45, 2.75) is 37.6 Å². The minimum absolute atomic E-state index is 0.241. The van der Waals surface area contributed by atoms with Gasteiger partial charge in [-0.1, -0.05) is 55.9 Å². The standard InChI is InChI=1S/C21H21FN2OS/c1-14(2)19-12-20(25-18-10-6-9-17(22)11-18)24-21(23-19)26-13-16-8-5-4-7-15(16)3/h4-12,14H,13H2,1-3H3. The zero-order chi connectivity index (χ0) is 18.5. The first-order valence-electron chi connectivity index (χ1n) is 8.51. The highest BCUT2D eigenvalue weighted by Gasteiger charge is 2.11. The molecule has 0 unspecified atom stereocenters. The Balaban J connectivity index is 1.83. The highest BCUT2D eigenvalue weighted by Crippen LogP contribution is 2.28. The molecule has 1 heterocycles. The van der Waals surface area contributed by atoms with Crippen LogP contribution in [0.25, 0.3) is 0 Å². The molecule has 2 aromatic carbocycles. The predicted octanol–water partition coefficient (Wildman–Crippen LogP) is 6.13. The number of hydrogen-bond donors (Lipinski definition) is 0. The van der Waals surface area contributed by atoms with E-state index in [0.717, 1.165) is 11.4 Å². The molecule has 134 valence electrons. The normalized spacial score (nSPS) is 11.0. The van der Waals surface area contributed by atoms with Gasteiger partial charge in [-0.3, -0.25) is 0 Å². The second-order valence-electron chi connectivity index (χ2n) is 6.34. The van der Waals surface area contributed by atoms with Gasteiger partial charge in [-0.05, 0) is 36.1 Å². The lowest BCUT2D eigenvalue weighted by Gasteiger charge is -2.11. The van der Waals surface area contributed by atoms with Crippen molar-refractivity contribution in [1.82, 2.24) is 9.97 Å². The molecule has 3 nitrogen and oxygen atoms in total. The van der Waals surface area contributed by atoms with Crippen LogP contribution in [0.5, 0.6) is 11.6 Å². The lowest BCUT2D eigenvalue weighted by Crippen LogP contribution is -2.00. The van der Waals surface area contributed by atoms with E-state index in [0.29, 0.717) is 16.8 Å². The third-order valence-electron chi connectivity index (χ3n) is 3.93. The lowest BCUT2D eigenvalue weighted by atomic mass is 10.1. The third-order valence-corrected chi connectivity index (χ3v) is 4.83. The van der Waals surface area contributed by atoms with E-state index in [9.17, 15) is 4.39 Å². The first-order chi connectivity index (χ1) is 12.5. The van der Waals surface area contributed by atoms with E-state index in [-0.39, 0.29) is 11.7 Å². The van der Waals surface area contributed by atoms with Gasteiger partial charge in [0.25, 0.3) is 0 Å². The number of ether oxygens (including phenoxy) is 1. The summed E-state index contributed by atoms with van der Waals surface area (Å²) in [6.45, 7) is 6.24. The topological polar surface area (TPSA) is 35.0 Å². The minimum atomic E-state index is -0.338. The van der Waals surface area contributed by atoms with Crippen LogP contribution in [-0.2, 0) is 5.75 Å². The van der Waals surface area contributed by atoms with E-state index in [1.54, 1.807) is 23.9 Å². The average Bonchev–Trinajstić information content (AvgIpc) is 2.61. The summed E-state index contributed by atoms with van der Waals surface area (Å²) in [5.41, 5.74) is 3.40. The Bertz CT molecular complexity index is 899. The maximum Gasteiger partial charge on any atom is 0.223 e. The van der Waals surface area contributed by atoms with Crippen LogP contribution in [0.3, 0.4) is 0 Å². The van der Waals surface area contributed by atoms with Crippen LogP contribution in [0.2, 0.25) is 0 Å². The minimum Gasteiger partial charge on any atom is -0.439 e. The van der Waals surface area contributed by atoms with Gasteiger partial charge in [-0.25, -0.2) is 9.37 Å². The summed E-state index contributed by atoms with van der Waals surface area (Å²) in [5.74, 6) is 1.54. The van der Waals surface area contributed by atoms with Gasteiger partial charge in [-0.15, -0.1) is 0 Å². The molecule has 0 radical (unpaired) electrons. The molecule has 0 saturated carbocycles. The van der Waals surface area contributed by atoms with E-state index in [4.69, 9.17) is 4.74 Å². The molecule has 3 rings (SSSR count). The molecule has 0 N–H and O–H groups in total. The number of hydrogen-bond acceptors (Lipinski definition) is 4.